The molecule has 4 rings (SSSR count). The van der Waals surface area contributed by atoms with Crippen LogP contribution >= 0.6 is 11.8 Å². The Morgan fingerprint density at radius 3 is 2.24 bits per heavy atom. The molecule has 4 saturated carbocycles. The highest BCUT2D eigenvalue weighted by atomic mass is 32.2. The summed E-state index contributed by atoms with van der Waals surface area (Å²) in [5, 5.41) is 0.0541. The van der Waals surface area contributed by atoms with E-state index < -0.39 is 0 Å². The fourth-order valence-electron chi connectivity index (χ4n) is 4.48. The molecule has 92 valence electrons. The van der Waals surface area contributed by atoms with Gasteiger partial charge in [-0.2, -0.15) is 0 Å². The van der Waals surface area contributed by atoms with Gasteiger partial charge in [-0.25, -0.2) is 4.99 Å². The second-order valence-electron chi connectivity index (χ2n) is 6.05. The fraction of sp³-hybridized carbons (Fsp3) is 0.786. The number of hydrogen-bond acceptors (Lipinski definition) is 3. The molecular weight excluding hydrogens is 230 g/mol. The molecule has 4 aliphatic carbocycles. The number of aliphatic imine (C=N–C) groups is 1. The molecular formula is C14H19NOS. The van der Waals surface area contributed by atoms with Gasteiger partial charge in [0.05, 0.1) is 11.6 Å². The van der Waals surface area contributed by atoms with Crippen LogP contribution < -0.4 is 0 Å². The van der Waals surface area contributed by atoms with Gasteiger partial charge in [0.1, 0.15) is 0 Å². The Morgan fingerprint density at radius 1 is 1.24 bits per heavy atom. The molecule has 0 unspecified atom stereocenters. The average molecular weight is 249 g/mol. The van der Waals surface area contributed by atoms with E-state index in [2.05, 4.69) is 10.9 Å². The molecule has 0 N–H and O–H groups in total. The third-order valence-electron chi connectivity index (χ3n) is 4.69. The topological polar surface area (TPSA) is 29.4 Å². The quantitative estimate of drug-likeness (QED) is 0.556. The summed E-state index contributed by atoms with van der Waals surface area (Å²) in [6.45, 7) is 0. The van der Waals surface area contributed by atoms with Crippen LogP contribution in [0.4, 0.5) is 0 Å². The van der Waals surface area contributed by atoms with Gasteiger partial charge in [-0.3, -0.25) is 4.79 Å². The zero-order chi connectivity index (χ0) is 11.9. The molecule has 0 atom stereocenters. The Labute approximate surface area is 107 Å². The predicted molar refractivity (Wildman–Crippen MR) is 71.4 cm³/mol. The first-order valence-corrected chi connectivity index (χ1v) is 7.80. The minimum atomic E-state index is 0.0541. The monoisotopic (exact) mass is 249 g/mol. The molecule has 4 fully saturated rings. The number of carbonyl (C=O) groups is 1. The smallest absolute Gasteiger partial charge is 0.221 e. The molecule has 0 aromatic carbocycles. The first-order chi connectivity index (χ1) is 8.19. The first-order valence-electron chi connectivity index (χ1n) is 6.58. The summed E-state index contributed by atoms with van der Waals surface area (Å²) in [5.41, 5.74) is 0.157. The molecule has 0 aromatic heterocycles. The highest BCUT2D eigenvalue weighted by Gasteiger charge is 2.50. The minimum Gasteiger partial charge on any atom is -0.282 e. The average Bonchev–Trinajstić information content (AvgIpc) is 2.26. The van der Waals surface area contributed by atoms with E-state index in [0.29, 0.717) is 0 Å². The second-order valence-corrected chi connectivity index (χ2v) is 6.86. The van der Waals surface area contributed by atoms with Crippen molar-refractivity contribution in [3.63, 3.8) is 0 Å². The van der Waals surface area contributed by atoms with Crippen molar-refractivity contribution in [3.05, 3.63) is 6.08 Å². The second kappa shape index (κ2) is 4.29. The van der Waals surface area contributed by atoms with Gasteiger partial charge in [0.15, 0.2) is 0 Å². The number of hydrogen-bond donors (Lipinski definition) is 0. The van der Waals surface area contributed by atoms with Crippen LogP contribution in [-0.2, 0) is 4.79 Å². The highest BCUT2D eigenvalue weighted by Crippen LogP contribution is 2.57. The SMILES string of the molecule is CSC(=O)C=C=NC12CC3CC(CC(C3)C1)C2. The lowest BCUT2D eigenvalue weighted by Crippen LogP contribution is -2.49. The van der Waals surface area contributed by atoms with E-state index in [1.165, 1.54) is 56.4 Å². The van der Waals surface area contributed by atoms with Gasteiger partial charge in [0, 0.05) is 0 Å². The Bertz CT molecular complexity index is 360. The van der Waals surface area contributed by atoms with E-state index in [1.807, 2.05) is 0 Å². The Hall–Kier alpha value is -0.530. The molecule has 2 nitrogen and oxygen atoms in total. The summed E-state index contributed by atoms with van der Waals surface area (Å²) >= 11 is 1.22. The summed E-state index contributed by atoms with van der Waals surface area (Å²) in [7, 11) is 0. The summed E-state index contributed by atoms with van der Waals surface area (Å²) in [6.07, 6.45) is 11.3. The van der Waals surface area contributed by atoms with Gasteiger partial charge in [0.2, 0.25) is 5.12 Å². The fourth-order valence-corrected chi connectivity index (χ4v) is 4.65. The molecule has 17 heavy (non-hydrogen) atoms. The van der Waals surface area contributed by atoms with E-state index in [9.17, 15) is 4.79 Å². The molecule has 0 saturated heterocycles. The van der Waals surface area contributed by atoms with E-state index in [0.717, 1.165) is 17.8 Å². The lowest BCUT2D eigenvalue weighted by atomic mass is 9.53. The molecule has 0 amide bonds. The Kier molecular flexibility index (Phi) is 2.92. The van der Waals surface area contributed by atoms with Crippen molar-refractivity contribution in [2.75, 3.05) is 6.26 Å². The van der Waals surface area contributed by atoms with Crippen molar-refractivity contribution in [1.82, 2.24) is 0 Å². The van der Waals surface area contributed by atoms with Crippen molar-refractivity contribution in [2.45, 2.75) is 44.1 Å². The van der Waals surface area contributed by atoms with Crippen LogP contribution in [0.15, 0.2) is 11.1 Å². The van der Waals surface area contributed by atoms with Gasteiger partial charge < -0.3 is 0 Å². The van der Waals surface area contributed by atoms with Gasteiger partial charge in [0.25, 0.3) is 0 Å². The number of nitrogens with zero attached hydrogens (tertiary/aromatic N) is 1. The van der Waals surface area contributed by atoms with Crippen molar-refractivity contribution in [1.29, 1.82) is 0 Å². The normalized spacial score (nSPS) is 42.1. The first kappa shape index (κ1) is 11.6. The zero-order valence-electron chi connectivity index (χ0n) is 10.3. The van der Waals surface area contributed by atoms with E-state index in [1.54, 1.807) is 6.26 Å². The lowest BCUT2D eigenvalue weighted by molar-refractivity contribution is -0.106. The maximum atomic E-state index is 11.2. The minimum absolute atomic E-state index is 0.0541. The summed E-state index contributed by atoms with van der Waals surface area (Å²) in [6, 6.07) is 0. The molecule has 0 radical (unpaired) electrons. The van der Waals surface area contributed by atoms with E-state index in [-0.39, 0.29) is 10.7 Å². The van der Waals surface area contributed by atoms with Gasteiger partial charge in [-0.15, -0.1) is 0 Å². The largest absolute Gasteiger partial charge is 0.282 e. The molecule has 0 aromatic rings. The molecule has 0 spiro atoms. The van der Waals surface area contributed by atoms with Crippen LogP contribution in [-0.4, -0.2) is 22.8 Å². The van der Waals surface area contributed by atoms with Crippen molar-refractivity contribution in [3.8, 4) is 0 Å². The van der Waals surface area contributed by atoms with Crippen LogP contribution in [0.1, 0.15) is 38.5 Å². The molecule has 0 heterocycles. The maximum Gasteiger partial charge on any atom is 0.221 e. The zero-order valence-corrected chi connectivity index (χ0v) is 11.1. The van der Waals surface area contributed by atoms with Crippen LogP contribution in [0.25, 0.3) is 0 Å². The van der Waals surface area contributed by atoms with Gasteiger partial charge in [-0.1, -0.05) is 11.8 Å². The lowest BCUT2D eigenvalue weighted by Gasteiger charge is -2.54. The van der Waals surface area contributed by atoms with Crippen LogP contribution in [0.2, 0.25) is 0 Å². The van der Waals surface area contributed by atoms with Crippen molar-refractivity contribution in [2.24, 2.45) is 22.7 Å². The highest BCUT2D eigenvalue weighted by molar-refractivity contribution is 8.13. The summed E-state index contributed by atoms with van der Waals surface area (Å²) in [5.74, 6) is 5.64. The van der Waals surface area contributed by atoms with Crippen molar-refractivity contribution >= 4 is 22.7 Å². The molecule has 4 aliphatic rings. The van der Waals surface area contributed by atoms with Crippen LogP contribution in [0.5, 0.6) is 0 Å². The molecule has 0 aliphatic heterocycles. The van der Waals surface area contributed by atoms with Crippen LogP contribution in [0.3, 0.4) is 0 Å². The van der Waals surface area contributed by atoms with Crippen LogP contribution in [0, 0.1) is 17.8 Å². The van der Waals surface area contributed by atoms with E-state index >= 15 is 0 Å². The van der Waals surface area contributed by atoms with Gasteiger partial charge in [-0.05, 0) is 68.4 Å². The van der Waals surface area contributed by atoms with Gasteiger partial charge >= 0.3 is 0 Å². The number of rotatable bonds is 2. The molecule has 3 heteroatoms. The Morgan fingerprint density at radius 2 is 1.76 bits per heavy atom. The van der Waals surface area contributed by atoms with Crippen molar-refractivity contribution < 1.29 is 4.79 Å². The standard InChI is InChI=1S/C14H19NOS/c1-17-13(16)2-3-15-14-7-10-4-11(8-14)6-12(5-10)9-14/h2,10-12H,4-9H2,1H3. The third-order valence-corrected chi connectivity index (χ3v) is 5.21. The maximum absolute atomic E-state index is 11.2. The number of thioether (sulfide) groups is 1. The molecule has 4 bridgehead atoms. The Balaban J connectivity index is 1.78. The number of carbonyl (C=O) groups excluding carboxylic acids is 1. The third kappa shape index (κ3) is 2.23. The summed E-state index contributed by atoms with van der Waals surface area (Å²) in [4.78, 5) is 15.8. The predicted octanol–water partition coefficient (Wildman–Crippen LogP) is 3.07. The summed E-state index contributed by atoms with van der Waals surface area (Å²) < 4.78 is 0. The van der Waals surface area contributed by atoms with E-state index in [4.69, 9.17) is 0 Å².